The van der Waals surface area contributed by atoms with Gasteiger partial charge in [-0.2, -0.15) is 0 Å². The van der Waals surface area contributed by atoms with Crippen LogP contribution < -0.4 is 9.47 Å². The maximum absolute atomic E-state index is 11.7. The van der Waals surface area contributed by atoms with E-state index in [9.17, 15) is 14.9 Å². The second-order valence-corrected chi connectivity index (χ2v) is 11.2. The summed E-state index contributed by atoms with van der Waals surface area (Å²) in [4.78, 5) is 22.2. The summed E-state index contributed by atoms with van der Waals surface area (Å²) >= 11 is 5.27. The van der Waals surface area contributed by atoms with Gasteiger partial charge >= 0.3 is 5.43 Å². The smallest absolute Gasteiger partial charge is 0.404 e. The molecule has 0 saturated carbocycles. The highest BCUT2D eigenvalue weighted by Crippen LogP contribution is 2.36. The fraction of sp³-hybridized carbons (Fsp3) is 0.750. The average molecular weight is 528 g/mol. The van der Waals surface area contributed by atoms with Gasteiger partial charge in [0.1, 0.15) is 6.61 Å². The van der Waals surface area contributed by atoms with Crippen molar-refractivity contribution in [3.05, 3.63) is 27.8 Å². The van der Waals surface area contributed by atoms with Gasteiger partial charge in [-0.05, 0) is 42.6 Å². The van der Waals surface area contributed by atoms with Gasteiger partial charge in [-0.25, -0.2) is 4.79 Å². The van der Waals surface area contributed by atoms with E-state index >= 15 is 0 Å². The minimum absolute atomic E-state index is 0.192. The quantitative estimate of drug-likeness (QED) is 0.101. The lowest BCUT2D eigenvalue weighted by molar-refractivity contribution is -0.385. The molecular formula is C28H46ClNO6. The van der Waals surface area contributed by atoms with Gasteiger partial charge in [0.2, 0.25) is 0 Å². The molecule has 0 aliphatic heterocycles. The SMILES string of the molecule is CC(C)CCC[C@@H](C)CCOc1cc(COC(=O)Cl)c([N+](=O)[O-])cc1OCC[C@H](C)CCCC(C)C. The summed E-state index contributed by atoms with van der Waals surface area (Å²) in [5.41, 5.74) is -1.00. The van der Waals surface area contributed by atoms with Crippen molar-refractivity contribution < 1.29 is 23.9 Å². The molecule has 7 nitrogen and oxygen atoms in total. The fourth-order valence-electron chi connectivity index (χ4n) is 4.01. The molecule has 0 amide bonds. The molecule has 36 heavy (non-hydrogen) atoms. The average Bonchev–Trinajstić information content (AvgIpc) is 2.77. The molecule has 0 aromatic heterocycles. The number of nitro benzene ring substituents is 1. The van der Waals surface area contributed by atoms with Crippen LogP contribution in [-0.2, 0) is 11.3 Å². The first-order valence-corrected chi connectivity index (χ1v) is 13.8. The van der Waals surface area contributed by atoms with Crippen LogP contribution in [0.15, 0.2) is 12.1 Å². The van der Waals surface area contributed by atoms with Crippen molar-refractivity contribution in [2.75, 3.05) is 13.2 Å². The second kappa shape index (κ2) is 17.4. The van der Waals surface area contributed by atoms with E-state index in [4.69, 9.17) is 25.8 Å². The summed E-state index contributed by atoms with van der Waals surface area (Å²) in [5.74, 6) is 3.16. The van der Waals surface area contributed by atoms with Gasteiger partial charge in [-0.1, -0.05) is 80.1 Å². The molecule has 0 saturated heterocycles. The summed E-state index contributed by atoms with van der Waals surface area (Å²) in [6.07, 6.45) is 8.77. The number of benzene rings is 1. The summed E-state index contributed by atoms with van der Waals surface area (Å²) in [6.45, 7) is 13.9. The van der Waals surface area contributed by atoms with Crippen LogP contribution in [0.5, 0.6) is 11.5 Å². The van der Waals surface area contributed by atoms with E-state index in [1.165, 1.54) is 37.8 Å². The molecule has 0 spiro atoms. The van der Waals surface area contributed by atoms with Gasteiger partial charge in [0.25, 0.3) is 5.69 Å². The molecule has 2 atom stereocenters. The van der Waals surface area contributed by atoms with Crippen molar-refractivity contribution in [1.29, 1.82) is 0 Å². The number of nitrogens with zero attached hydrogens (tertiary/aromatic N) is 1. The number of carbonyl (C=O) groups is 1. The molecule has 0 fully saturated rings. The number of nitro groups is 1. The van der Waals surface area contributed by atoms with E-state index in [0.717, 1.165) is 25.7 Å². The van der Waals surface area contributed by atoms with Gasteiger partial charge in [0.05, 0.1) is 29.8 Å². The number of carbonyl (C=O) groups excluding carboxylic acids is 1. The predicted octanol–water partition coefficient (Wildman–Crippen LogP) is 8.93. The Bertz CT molecular complexity index is 798. The Balaban J connectivity index is 2.87. The zero-order valence-corrected chi connectivity index (χ0v) is 23.8. The van der Waals surface area contributed by atoms with Gasteiger partial charge in [0.15, 0.2) is 11.5 Å². The van der Waals surface area contributed by atoms with Crippen molar-refractivity contribution in [3.8, 4) is 11.5 Å². The first kappa shape index (κ1) is 32.0. The summed E-state index contributed by atoms with van der Waals surface area (Å²) in [5, 5.41) is 11.7. The normalized spacial score (nSPS) is 13.0. The first-order chi connectivity index (χ1) is 17.0. The van der Waals surface area contributed by atoms with Gasteiger partial charge in [0, 0.05) is 11.6 Å². The van der Waals surface area contributed by atoms with Crippen molar-refractivity contribution in [3.63, 3.8) is 0 Å². The third-order valence-electron chi connectivity index (χ3n) is 6.38. The van der Waals surface area contributed by atoms with E-state index < -0.39 is 10.4 Å². The Kier molecular flexibility index (Phi) is 15.5. The number of hydrogen-bond donors (Lipinski definition) is 0. The van der Waals surface area contributed by atoms with E-state index in [2.05, 4.69) is 41.5 Å². The van der Waals surface area contributed by atoms with E-state index in [-0.39, 0.29) is 17.9 Å². The maximum atomic E-state index is 11.7. The van der Waals surface area contributed by atoms with Crippen molar-refractivity contribution in [2.45, 2.75) is 99.5 Å². The summed E-state index contributed by atoms with van der Waals surface area (Å²) in [6, 6.07) is 2.89. The van der Waals surface area contributed by atoms with Crippen molar-refractivity contribution in [1.82, 2.24) is 0 Å². The highest BCUT2D eigenvalue weighted by Gasteiger charge is 2.22. The predicted molar refractivity (Wildman–Crippen MR) is 145 cm³/mol. The lowest BCUT2D eigenvalue weighted by Gasteiger charge is -2.18. The van der Waals surface area contributed by atoms with E-state index in [1.807, 2.05) is 0 Å². The lowest BCUT2D eigenvalue weighted by Crippen LogP contribution is -2.09. The minimum Gasteiger partial charge on any atom is -0.490 e. The van der Waals surface area contributed by atoms with Crippen LogP contribution in [0.4, 0.5) is 10.5 Å². The highest BCUT2D eigenvalue weighted by molar-refractivity contribution is 6.61. The van der Waals surface area contributed by atoms with Crippen LogP contribution in [0.25, 0.3) is 0 Å². The summed E-state index contributed by atoms with van der Waals surface area (Å²) < 4.78 is 16.8. The van der Waals surface area contributed by atoms with Gasteiger partial charge in [-0.15, -0.1) is 0 Å². The number of hydrogen-bond acceptors (Lipinski definition) is 6. The fourth-order valence-corrected chi connectivity index (χ4v) is 4.07. The highest BCUT2D eigenvalue weighted by atomic mass is 35.5. The van der Waals surface area contributed by atoms with Crippen LogP contribution in [-0.4, -0.2) is 23.6 Å². The molecule has 0 heterocycles. The molecule has 0 unspecified atom stereocenters. The maximum Gasteiger partial charge on any atom is 0.404 e. The Hall–Kier alpha value is -2.02. The van der Waals surface area contributed by atoms with Gasteiger partial charge < -0.3 is 14.2 Å². The van der Waals surface area contributed by atoms with Crippen LogP contribution in [0.2, 0.25) is 0 Å². The molecule has 0 bridgehead atoms. The molecule has 0 aliphatic carbocycles. The molecule has 1 aromatic carbocycles. The summed E-state index contributed by atoms with van der Waals surface area (Å²) in [7, 11) is 0. The van der Waals surface area contributed by atoms with Crippen LogP contribution in [0.1, 0.15) is 98.5 Å². The first-order valence-electron chi connectivity index (χ1n) is 13.4. The van der Waals surface area contributed by atoms with Gasteiger partial charge in [-0.3, -0.25) is 10.1 Å². The largest absolute Gasteiger partial charge is 0.490 e. The second-order valence-electron chi connectivity index (χ2n) is 10.8. The molecular weight excluding hydrogens is 482 g/mol. The van der Waals surface area contributed by atoms with E-state index in [0.29, 0.717) is 48.4 Å². The standard InChI is InChI=1S/C28H46ClNO6/c1-20(2)9-7-11-22(5)13-15-34-26-17-24(19-36-28(29)31)25(30(32)33)18-27(26)35-16-14-23(6)12-8-10-21(3)4/h17-18,20-23H,7-16,19H2,1-6H3/t22-,23-/m1/s1. The van der Waals surface area contributed by atoms with Crippen molar-refractivity contribution >= 4 is 22.7 Å². The third kappa shape index (κ3) is 13.9. The molecule has 1 rings (SSSR count). The lowest BCUT2D eigenvalue weighted by atomic mass is 9.97. The van der Waals surface area contributed by atoms with Crippen molar-refractivity contribution in [2.24, 2.45) is 23.7 Å². The van der Waals surface area contributed by atoms with Crippen LogP contribution >= 0.6 is 11.6 Å². The number of rotatable bonds is 19. The Morgan fingerprint density at radius 3 is 1.72 bits per heavy atom. The monoisotopic (exact) mass is 527 g/mol. The zero-order chi connectivity index (χ0) is 27.1. The molecule has 0 N–H and O–H groups in total. The Morgan fingerprint density at radius 2 is 1.31 bits per heavy atom. The molecule has 0 aliphatic rings. The Morgan fingerprint density at radius 1 is 0.833 bits per heavy atom. The third-order valence-corrected chi connectivity index (χ3v) is 6.49. The topological polar surface area (TPSA) is 87.9 Å². The molecule has 8 heteroatoms. The number of halogens is 1. The Labute approximate surface area is 222 Å². The van der Waals surface area contributed by atoms with Crippen LogP contribution in [0.3, 0.4) is 0 Å². The van der Waals surface area contributed by atoms with E-state index in [1.54, 1.807) is 0 Å². The molecule has 0 radical (unpaired) electrons. The molecule has 206 valence electrons. The number of ether oxygens (including phenoxy) is 3. The van der Waals surface area contributed by atoms with Crippen LogP contribution in [0, 0.1) is 33.8 Å². The minimum atomic E-state index is -1.02. The zero-order valence-electron chi connectivity index (χ0n) is 23.0. The molecule has 1 aromatic rings.